The van der Waals surface area contributed by atoms with E-state index in [0.717, 1.165) is 12.3 Å². The topological polar surface area (TPSA) is 38.9 Å². The van der Waals surface area contributed by atoms with Gasteiger partial charge in [-0.15, -0.1) is 0 Å². The lowest BCUT2D eigenvalue weighted by molar-refractivity contribution is 0.228. The Balaban J connectivity index is 1.95. The molecule has 0 unspecified atom stereocenters. The van der Waals surface area contributed by atoms with Crippen LogP contribution in [0, 0.1) is 5.92 Å². The first-order chi connectivity index (χ1) is 7.72. The van der Waals surface area contributed by atoms with Gasteiger partial charge in [-0.05, 0) is 49.7 Å². The molecule has 0 atom stereocenters. The van der Waals surface area contributed by atoms with E-state index in [1.807, 2.05) is 18.5 Å². The highest BCUT2D eigenvalue weighted by Gasteiger charge is 2.30. The first-order valence-corrected chi connectivity index (χ1v) is 6.40. The minimum atomic E-state index is 0.0225. The molecule has 2 heteroatoms. The third-order valence-corrected chi connectivity index (χ3v) is 3.96. The largest absolute Gasteiger partial charge is 0.325 e. The Morgan fingerprint density at radius 3 is 2.75 bits per heavy atom. The molecule has 1 aliphatic rings. The van der Waals surface area contributed by atoms with E-state index in [-0.39, 0.29) is 5.54 Å². The molecule has 0 aliphatic heterocycles. The maximum Gasteiger partial charge on any atom is 0.0300 e. The van der Waals surface area contributed by atoms with E-state index in [1.54, 1.807) is 0 Å². The van der Waals surface area contributed by atoms with Gasteiger partial charge < -0.3 is 5.73 Å². The van der Waals surface area contributed by atoms with Crippen molar-refractivity contribution in [3.63, 3.8) is 0 Å². The standard InChI is InChI=1S/C14H22N2/c1-2-12-5-7-14(15,8-6-12)10-13-4-3-9-16-11-13/h3-4,9,11-12H,2,5-8,10,15H2,1H3. The van der Waals surface area contributed by atoms with Gasteiger partial charge in [-0.25, -0.2) is 0 Å². The maximum absolute atomic E-state index is 6.48. The summed E-state index contributed by atoms with van der Waals surface area (Å²) < 4.78 is 0. The van der Waals surface area contributed by atoms with Crippen molar-refractivity contribution in [3.05, 3.63) is 30.1 Å². The minimum absolute atomic E-state index is 0.0225. The average Bonchev–Trinajstić information content (AvgIpc) is 2.31. The summed E-state index contributed by atoms with van der Waals surface area (Å²) in [6, 6.07) is 4.13. The van der Waals surface area contributed by atoms with Crippen molar-refractivity contribution in [3.8, 4) is 0 Å². The van der Waals surface area contributed by atoms with E-state index in [4.69, 9.17) is 5.73 Å². The predicted molar refractivity (Wildman–Crippen MR) is 67.1 cm³/mol. The van der Waals surface area contributed by atoms with Crippen LogP contribution in [0.2, 0.25) is 0 Å². The van der Waals surface area contributed by atoms with Gasteiger partial charge in [0.15, 0.2) is 0 Å². The zero-order valence-corrected chi connectivity index (χ0v) is 10.2. The van der Waals surface area contributed by atoms with Crippen LogP contribution in [0.25, 0.3) is 0 Å². The minimum Gasteiger partial charge on any atom is -0.325 e. The van der Waals surface area contributed by atoms with E-state index in [0.29, 0.717) is 0 Å². The highest BCUT2D eigenvalue weighted by Crippen LogP contribution is 2.33. The van der Waals surface area contributed by atoms with E-state index >= 15 is 0 Å². The molecule has 1 aliphatic carbocycles. The van der Waals surface area contributed by atoms with Crippen LogP contribution >= 0.6 is 0 Å². The third-order valence-electron chi connectivity index (χ3n) is 3.96. The smallest absolute Gasteiger partial charge is 0.0300 e. The monoisotopic (exact) mass is 218 g/mol. The van der Waals surface area contributed by atoms with Gasteiger partial charge in [-0.3, -0.25) is 4.98 Å². The van der Waals surface area contributed by atoms with Crippen molar-refractivity contribution in [2.24, 2.45) is 11.7 Å². The fraction of sp³-hybridized carbons (Fsp3) is 0.643. The summed E-state index contributed by atoms with van der Waals surface area (Å²) in [5.74, 6) is 0.908. The van der Waals surface area contributed by atoms with Crippen LogP contribution in [0.3, 0.4) is 0 Å². The number of rotatable bonds is 3. The van der Waals surface area contributed by atoms with Gasteiger partial charge in [0.2, 0.25) is 0 Å². The first kappa shape index (κ1) is 11.6. The fourth-order valence-electron chi connectivity index (χ4n) is 2.75. The maximum atomic E-state index is 6.48. The molecule has 16 heavy (non-hydrogen) atoms. The Labute approximate surface area is 98.3 Å². The zero-order chi connectivity index (χ0) is 11.4. The van der Waals surface area contributed by atoms with Crippen molar-refractivity contribution in [2.45, 2.75) is 51.0 Å². The number of pyridine rings is 1. The molecular weight excluding hydrogens is 196 g/mol. The zero-order valence-electron chi connectivity index (χ0n) is 10.2. The normalized spacial score (nSPS) is 30.2. The van der Waals surface area contributed by atoms with Crippen LogP contribution < -0.4 is 5.73 Å². The van der Waals surface area contributed by atoms with Gasteiger partial charge >= 0.3 is 0 Å². The SMILES string of the molecule is CCC1CCC(N)(Cc2cccnc2)CC1. The molecular formula is C14H22N2. The molecule has 1 saturated carbocycles. The van der Waals surface area contributed by atoms with Crippen LogP contribution in [0.1, 0.15) is 44.6 Å². The van der Waals surface area contributed by atoms with Crippen LogP contribution in [-0.4, -0.2) is 10.5 Å². The van der Waals surface area contributed by atoms with Crippen molar-refractivity contribution in [2.75, 3.05) is 0 Å². The Bertz CT molecular complexity index is 313. The number of hydrogen-bond acceptors (Lipinski definition) is 2. The van der Waals surface area contributed by atoms with Gasteiger partial charge in [0.05, 0.1) is 0 Å². The van der Waals surface area contributed by atoms with Gasteiger partial charge in [0.1, 0.15) is 0 Å². The molecule has 1 aromatic rings. The number of nitrogens with zero attached hydrogens (tertiary/aromatic N) is 1. The van der Waals surface area contributed by atoms with E-state index < -0.39 is 0 Å². The Hall–Kier alpha value is -0.890. The van der Waals surface area contributed by atoms with E-state index in [9.17, 15) is 0 Å². The lowest BCUT2D eigenvalue weighted by Crippen LogP contribution is -2.45. The van der Waals surface area contributed by atoms with Crippen LogP contribution in [-0.2, 0) is 6.42 Å². The molecule has 1 fully saturated rings. The average molecular weight is 218 g/mol. The quantitative estimate of drug-likeness (QED) is 0.847. The second-order valence-electron chi connectivity index (χ2n) is 5.25. The Morgan fingerprint density at radius 2 is 2.19 bits per heavy atom. The molecule has 2 nitrogen and oxygen atoms in total. The second-order valence-corrected chi connectivity index (χ2v) is 5.25. The molecule has 0 amide bonds. The molecule has 2 N–H and O–H groups in total. The van der Waals surface area contributed by atoms with Gasteiger partial charge in [-0.2, -0.15) is 0 Å². The first-order valence-electron chi connectivity index (χ1n) is 6.40. The molecule has 1 heterocycles. The molecule has 0 saturated heterocycles. The molecule has 0 spiro atoms. The molecule has 0 bridgehead atoms. The van der Waals surface area contributed by atoms with Crippen molar-refractivity contribution in [1.29, 1.82) is 0 Å². The third kappa shape index (κ3) is 2.82. The van der Waals surface area contributed by atoms with Crippen molar-refractivity contribution >= 4 is 0 Å². The van der Waals surface area contributed by atoms with E-state index in [2.05, 4.69) is 18.0 Å². The summed E-state index contributed by atoms with van der Waals surface area (Å²) >= 11 is 0. The summed E-state index contributed by atoms with van der Waals surface area (Å²) in [5, 5.41) is 0. The van der Waals surface area contributed by atoms with Crippen LogP contribution in [0.15, 0.2) is 24.5 Å². The highest BCUT2D eigenvalue weighted by atomic mass is 14.7. The van der Waals surface area contributed by atoms with Crippen molar-refractivity contribution < 1.29 is 0 Å². The number of aromatic nitrogens is 1. The van der Waals surface area contributed by atoms with E-state index in [1.165, 1.54) is 37.7 Å². The predicted octanol–water partition coefficient (Wildman–Crippen LogP) is 2.92. The summed E-state index contributed by atoms with van der Waals surface area (Å²) in [5.41, 5.74) is 7.78. The summed E-state index contributed by atoms with van der Waals surface area (Å²) in [7, 11) is 0. The summed E-state index contributed by atoms with van der Waals surface area (Å²) in [6.07, 6.45) is 11.0. The number of hydrogen-bond donors (Lipinski definition) is 1. The molecule has 1 aromatic heterocycles. The van der Waals surface area contributed by atoms with Gasteiger partial charge in [0, 0.05) is 17.9 Å². The number of nitrogens with two attached hydrogens (primary N) is 1. The second kappa shape index (κ2) is 4.96. The molecule has 0 aromatic carbocycles. The highest BCUT2D eigenvalue weighted by molar-refractivity contribution is 5.13. The Morgan fingerprint density at radius 1 is 1.44 bits per heavy atom. The lowest BCUT2D eigenvalue weighted by atomic mass is 9.73. The van der Waals surface area contributed by atoms with Gasteiger partial charge in [-0.1, -0.05) is 19.4 Å². The van der Waals surface area contributed by atoms with Crippen LogP contribution in [0.5, 0.6) is 0 Å². The van der Waals surface area contributed by atoms with Crippen LogP contribution in [0.4, 0.5) is 0 Å². The Kier molecular flexibility index (Phi) is 3.59. The molecule has 2 rings (SSSR count). The molecule has 88 valence electrons. The molecule has 0 radical (unpaired) electrons. The summed E-state index contributed by atoms with van der Waals surface area (Å²) in [4.78, 5) is 4.16. The summed E-state index contributed by atoms with van der Waals surface area (Å²) in [6.45, 7) is 2.29. The van der Waals surface area contributed by atoms with Gasteiger partial charge in [0.25, 0.3) is 0 Å². The lowest BCUT2D eigenvalue weighted by Gasteiger charge is -2.37. The fourth-order valence-corrected chi connectivity index (χ4v) is 2.75. The van der Waals surface area contributed by atoms with Crippen molar-refractivity contribution in [1.82, 2.24) is 4.98 Å².